The van der Waals surface area contributed by atoms with Gasteiger partial charge >= 0.3 is 5.97 Å². The molecule has 1 saturated carbocycles. The Kier molecular flexibility index (Phi) is 7.46. The number of hydrogen-bond acceptors (Lipinski definition) is 4. The Labute approximate surface area is 166 Å². The van der Waals surface area contributed by atoms with Crippen LogP contribution in [-0.2, 0) is 27.3 Å². The molecule has 3 rings (SSSR count). The van der Waals surface area contributed by atoms with E-state index in [9.17, 15) is 9.59 Å². The molecule has 0 aliphatic heterocycles. The van der Waals surface area contributed by atoms with Crippen LogP contribution in [0.5, 0.6) is 0 Å². The van der Waals surface area contributed by atoms with Crippen molar-refractivity contribution in [3.05, 3.63) is 30.1 Å². The summed E-state index contributed by atoms with van der Waals surface area (Å²) >= 11 is 0. The highest BCUT2D eigenvalue weighted by Gasteiger charge is 2.20. The molecule has 0 bridgehead atoms. The number of fused-ring (bicyclic) bond motifs is 1. The summed E-state index contributed by atoms with van der Waals surface area (Å²) in [5.41, 5.74) is 1.86. The maximum Gasteiger partial charge on any atom is 0.325 e. The van der Waals surface area contributed by atoms with Crippen molar-refractivity contribution in [3.63, 3.8) is 0 Å². The van der Waals surface area contributed by atoms with E-state index in [0.29, 0.717) is 0 Å². The van der Waals surface area contributed by atoms with Crippen molar-refractivity contribution < 1.29 is 14.3 Å². The second kappa shape index (κ2) is 10.2. The summed E-state index contributed by atoms with van der Waals surface area (Å²) in [6, 6.07) is 7.86. The van der Waals surface area contributed by atoms with Crippen molar-refractivity contribution in [1.29, 1.82) is 0 Å². The molecule has 6 nitrogen and oxygen atoms in total. The van der Waals surface area contributed by atoms with Crippen molar-refractivity contribution in [2.24, 2.45) is 5.92 Å². The molecule has 28 heavy (non-hydrogen) atoms. The third-order valence-corrected chi connectivity index (χ3v) is 5.60. The smallest absolute Gasteiger partial charge is 0.325 e. The zero-order chi connectivity index (χ0) is 19.8. The molecule has 1 aliphatic carbocycles. The van der Waals surface area contributed by atoms with E-state index in [1.54, 1.807) is 0 Å². The molecular formula is C22H31N3O3. The Morgan fingerprint density at radius 1 is 1.14 bits per heavy atom. The van der Waals surface area contributed by atoms with E-state index in [4.69, 9.17) is 9.72 Å². The fourth-order valence-corrected chi connectivity index (χ4v) is 3.99. The summed E-state index contributed by atoms with van der Waals surface area (Å²) < 4.78 is 6.78. The summed E-state index contributed by atoms with van der Waals surface area (Å²) in [5.74, 6) is 1.11. The van der Waals surface area contributed by atoms with Gasteiger partial charge in [-0.2, -0.15) is 0 Å². The van der Waals surface area contributed by atoms with E-state index >= 15 is 0 Å². The number of amides is 1. The highest BCUT2D eigenvalue weighted by atomic mass is 16.5. The lowest BCUT2D eigenvalue weighted by Crippen LogP contribution is -2.32. The minimum Gasteiger partial charge on any atom is -0.468 e. The summed E-state index contributed by atoms with van der Waals surface area (Å²) in [5, 5.41) is 3.10. The molecule has 1 N–H and O–H groups in total. The van der Waals surface area contributed by atoms with Gasteiger partial charge in [-0.1, -0.05) is 37.8 Å². The largest absolute Gasteiger partial charge is 0.468 e. The number of esters is 1. The fourth-order valence-electron chi connectivity index (χ4n) is 3.99. The van der Waals surface area contributed by atoms with Crippen LogP contribution < -0.4 is 5.32 Å². The van der Waals surface area contributed by atoms with Crippen LogP contribution in [0.1, 0.15) is 57.2 Å². The minimum absolute atomic E-state index is 0.184. The van der Waals surface area contributed by atoms with E-state index in [1.807, 2.05) is 28.8 Å². The van der Waals surface area contributed by atoms with Gasteiger partial charge in [-0.3, -0.25) is 9.59 Å². The van der Waals surface area contributed by atoms with Gasteiger partial charge in [0.15, 0.2) is 0 Å². The first-order valence-corrected chi connectivity index (χ1v) is 10.5. The predicted octanol–water partition coefficient (Wildman–Crippen LogP) is 3.62. The number of aromatic nitrogens is 2. The monoisotopic (exact) mass is 385 g/mol. The SMILES string of the molecule is COC(=O)Cn1c(CCCCCNC(=O)C2CCCCC2)nc2ccccc21. The minimum atomic E-state index is -0.269. The molecule has 1 aromatic carbocycles. The average Bonchev–Trinajstić information content (AvgIpc) is 3.08. The van der Waals surface area contributed by atoms with Gasteiger partial charge in [-0.05, 0) is 37.8 Å². The maximum absolute atomic E-state index is 12.2. The number of ether oxygens (including phenoxy) is 1. The predicted molar refractivity (Wildman–Crippen MR) is 109 cm³/mol. The van der Waals surface area contributed by atoms with Gasteiger partial charge in [0.2, 0.25) is 5.91 Å². The van der Waals surface area contributed by atoms with Crippen molar-refractivity contribution in [2.45, 2.75) is 64.3 Å². The number of unbranched alkanes of at least 4 members (excludes halogenated alkanes) is 2. The Morgan fingerprint density at radius 2 is 1.93 bits per heavy atom. The molecule has 0 saturated heterocycles. The third-order valence-electron chi connectivity index (χ3n) is 5.60. The first kappa shape index (κ1) is 20.4. The first-order valence-electron chi connectivity index (χ1n) is 10.5. The molecule has 1 fully saturated rings. The highest BCUT2D eigenvalue weighted by molar-refractivity contribution is 5.79. The molecule has 1 heterocycles. The summed E-state index contributed by atoms with van der Waals surface area (Å²) in [7, 11) is 1.41. The molecule has 0 atom stereocenters. The maximum atomic E-state index is 12.2. The number of carbonyl (C=O) groups excluding carboxylic acids is 2. The molecule has 152 valence electrons. The number of aryl methyl sites for hydroxylation is 1. The number of nitrogens with one attached hydrogen (secondary N) is 1. The van der Waals surface area contributed by atoms with Gasteiger partial charge in [-0.25, -0.2) is 4.98 Å². The molecule has 6 heteroatoms. The van der Waals surface area contributed by atoms with Crippen LogP contribution in [0.25, 0.3) is 11.0 Å². The number of rotatable bonds is 9. The second-order valence-corrected chi connectivity index (χ2v) is 7.62. The summed E-state index contributed by atoms with van der Waals surface area (Å²) in [4.78, 5) is 28.6. The number of hydrogen-bond donors (Lipinski definition) is 1. The van der Waals surface area contributed by atoms with E-state index in [-0.39, 0.29) is 24.3 Å². The van der Waals surface area contributed by atoms with Crippen molar-refractivity contribution in [2.75, 3.05) is 13.7 Å². The zero-order valence-electron chi connectivity index (χ0n) is 16.8. The fraction of sp³-hybridized carbons (Fsp3) is 0.591. The molecule has 0 unspecified atom stereocenters. The lowest BCUT2D eigenvalue weighted by molar-refractivity contribution is -0.141. The molecule has 1 aromatic heterocycles. The number of methoxy groups -OCH3 is 1. The average molecular weight is 386 g/mol. The molecule has 2 aromatic rings. The molecular weight excluding hydrogens is 354 g/mol. The second-order valence-electron chi connectivity index (χ2n) is 7.62. The lowest BCUT2D eigenvalue weighted by atomic mass is 9.89. The van der Waals surface area contributed by atoms with Crippen molar-refractivity contribution in [1.82, 2.24) is 14.9 Å². The number of benzene rings is 1. The van der Waals surface area contributed by atoms with Crippen LogP contribution in [0, 0.1) is 5.92 Å². The molecule has 0 radical (unpaired) electrons. The van der Waals surface area contributed by atoms with Crippen molar-refractivity contribution >= 4 is 22.9 Å². The third kappa shape index (κ3) is 5.33. The van der Waals surface area contributed by atoms with Crippen LogP contribution in [0.4, 0.5) is 0 Å². The normalized spacial score (nSPS) is 14.9. The van der Waals surface area contributed by atoms with Crippen LogP contribution >= 0.6 is 0 Å². The van der Waals surface area contributed by atoms with E-state index in [0.717, 1.165) is 61.9 Å². The van der Waals surface area contributed by atoms with Gasteiger partial charge in [0.25, 0.3) is 0 Å². The van der Waals surface area contributed by atoms with Gasteiger partial charge in [-0.15, -0.1) is 0 Å². The lowest BCUT2D eigenvalue weighted by Gasteiger charge is -2.20. The van der Waals surface area contributed by atoms with E-state index in [1.165, 1.54) is 26.4 Å². The van der Waals surface area contributed by atoms with Crippen LogP contribution in [0.3, 0.4) is 0 Å². The Morgan fingerprint density at radius 3 is 2.71 bits per heavy atom. The van der Waals surface area contributed by atoms with E-state index in [2.05, 4.69) is 5.32 Å². The van der Waals surface area contributed by atoms with Crippen LogP contribution in [-0.4, -0.2) is 35.1 Å². The zero-order valence-corrected chi connectivity index (χ0v) is 16.8. The van der Waals surface area contributed by atoms with Gasteiger partial charge < -0.3 is 14.6 Å². The van der Waals surface area contributed by atoms with E-state index < -0.39 is 0 Å². The Hall–Kier alpha value is -2.37. The number of nitrogens with zero attached hydrogens (tertiary/aromatic N) is 2. The Balaban J connectivity index is 1.45. The number of para-hydroxylation sites is 2. The standard InChI is InChI=1S/C22H31N3O3/c1-28-21(26)16-25-19-13-8-7-12-18(19)24-20(25)14-6-3-9-15-23-22(27)17-10-4-2-5-11-17/h7-8,12-13,17H,2-6,9-11,14-16H2,1H3,(H,23,27). The highest BCUT2D eigenvalue weighted by Crippen LogP contribution is 2.23. The molecule has 1 amide bonds. The van der Waals surface area contributed by atoms with Gasteiger partial charge in [0.05, 0.1) is 18.1 Å². The quantitative estimate of drug-likeness (QED) is 0.528. The molecule has 1 aliphatic rings. The first-order chi connectivity index (χ1) is 13.7. The summed E-state index contributed by atoms with van der Waals surface area (Å²) in [6.45, 7) is 0.928. The van der Waals surface area contributed by atoms with Gasteiger partial charge in [0.1, 0.15) is 12.4 Å². The van der Waals surface area contributed by atoms with Crippen LogP contribution in [0.15, 0.2) is 24.3 Å². The number of imidazole rings is 1. The summed E-state index contributed by atoms with van der Waals surface area (Å²) in [6.07, 6.45) is 9.50. The topological polar surface area (TPSA) is 73.2 Å². The molecule has 0 spiro atoms. The van der Waals surface area contributed by atoms with Crippen molar-refractivity contribution in [3.8, 4) is 0 Å². The van der Waals surface area contributed by atoms with Gasteiger partial charge in [0, 0.05) is 18.9 Å². The Bertz CT molecular complexity index is 793. The van der Waals surface area contributed by atoms with Crippen LogP contribution in [0.2, 0.25) is 0 Å². The number of carbonyl (C=O) groups is 2.